The number of imide groups is 1. The van der Waals surface area contributed by atoms with Crippen molar-refractivity contribution >= 4 is 23.6 Å². The van der Waals surface area contributed by atoms with Crippen LogP contribution < -0.4 is 0 Å². The van der Waals surface area contributed by atoms with E-state index in [2.05, 4.69) is 6.92 Å². The highest BCUT2D eigenvalue weighted by molar-refractivity contribution is 7.99. The summed E-state index contributed by atoms with van der Waals surface area (Å²) in [5.41, 5.74) is 1.10. The van der Waals surface area contributed by atoms with E-state index in [4.69, 9.17) is 0 Å². The smallest absolute Gasteiger partial charge is 0.261 e. The summed E-state index contributed by atoms with van der Waals surface area (Å²) >= 11 is 1.91. The maximum absolute atomic E-state index is 12.1. The molecule has 2 rings (SSSR count). The summed E-state index contributed by atoms with van der Waals surface area (Å²) in [5.74, 6) is 1.91. The molecule has 0 spiro atoms. The van der Waals surface area contributed by atoms with Crippen molar-refractivity contribution in [3.05, 3.63) is 35.4 Å². The molecule has 0 radical (unpaired) electrons. The van der Waals surface area contributed by atoms with Gasteiger partial charge in [0.05, 0.1) is 11.1 Å². The lowest BCUT2D eigenvalue weighted by atomic mass is 10.1. The zero-order valence-corrected chi connectivity index (χ0v) is 12.7. The van der Waals surface area contributed by atoms with E-state index in [-0.39, 0.29) is 11.8 Å². The van der Waals surface area contributed by atoms with E-state index in [0.29, 0.717) is 17.7 Å². The van der Waals surface area contributed by atoms with E-state index >= 15 is 0 Å². The van der Waals surface area contributed by atoms with Crippen LogP contribution in [0.1, 0.15) is 53.3 Å². The summed E-state index contributed by atoms with van der Waals surface area (Å²) in [6.45, 7) is 2.74. The number of unbranched alkanes of at least 4 members (excludes halogenated alkanes) is 2. The number of carbonyl (C=O) groups is 2. The third kappa shape index (κ3) is 3.42. The molecule has 0 unspecified atom stereocenters. The van der Waals surface area contributed by atoms with Crippen LogP contribution in [0.2, 0.25) is 0 Å². The van der Waals surface area contributed by atoms with Crippen molar-refractivity contribution in [3.63, 3.8) is 0 Å². The summed E-state index contributed by atoms with van der Waals surface area (Å²) in [6, 6.07) is 7.07. The first kappa shape index (κ1) is 15.1. The molecule has 0 N–H and O–H groups in total. The zero-order chi connectivity index (χ0) is 14.4. The number of nitrogens with zero attached hydrogens (tertiary/aromatic N) is 1. The molecule has 1 heterocycles. The van der Waals surface area contributed by atoms with E-state index < -0.39 is 0 Å². The first-order chi connectivity index (χ1) is 9.75. The number of amides is 2. The van der Waals surface area contributed by atoms with Crippen molar-refractivity contribution in [2.75, 3.05) is 18.1 Å². The van der Waals surface area contributed by atoms with Crippen molar-refractivity contribution in [3.8, 4) is 0 Å². The van der Waals surface area contributed by atoms with Crippen molar-refractivity contribution < 1.29 is 9.59 Å². The molecule has 0 saturated heterocycles. The number of fused-ring (bicyclic) bond motifs is 1. The number of carbonyl (C=O) groups excluding carboxylic acids is 2. The van der Waals surface area contributed by atoms with E-state index in [1.165, 1.54) is 29.9 Å². The van der Waals surface area contributed by atoms with Crippen LogP contribution in [-0.4, -0.2) is 34.8 Å². The third-order valence-corrected chi connectivity index (χ3v) is 4.60. The lowest BCUT2D eigenvalue weighted by Gasteiger charge is -2.13. The molecular weight excluding hydrogens is 270 g/mol. The van der Waals surface area contributed by atoms with E-state index in [0.717, 1.165) is 12.2 Å². The number of rotatable bonds is 8. The van der Waals surface area contributed by atoms with Gasteiger partial charge >= 0.3 is 0 Å². The average molecular weight is 291 g/mol. The summed E-state index contributed by atoms with van der Waals surface area (Å²) in [5, 5.41) is 0. The summed E-state index contributed by atoms with van der Waals surface area (Å²) in [4.78, 5) is 25.6. The fourth-order valence-corrected chi connectivity index (χ4v) is 3.27. The van der Waals surface area contributed by atoms with Crippen LogP contribution in [-0.2, 0) is 0 Å². The van der Waals surface area contributed by atoms with Crippen LogP contribution in [0.5, 0.6) is 0 Å². The SMILES string of the molecule is CCCCCSCCCN1C(=O)c2ccccc2C1=O. The van der Waals surface area contributed by atoms with Gasteiger partial charge in [-0.3, -0.25) is 14.5 Å². The maximum Gasteiger partial charge on any atom is 0.261 e. The largest absolute Gasteiger partial charge is 0.274 e. The lowest BCUT2D eigenvalue weighted by molar-refractivity contribution is 0.0655. The molecule has 1 aromatic rings. The molecule has 1 aliphatic heterocycles. The Morgan fingerprint density at radius 1 is 0.950 bits per heavy atom. The van der Waals surface area contributed by atoms with Gasteiger partial charge in [0.1, 0.15) is 0 Å². The highest BCUT2D eigenvalue weighted by Crippen LogP contribution is 2.22. The molecule has 4 heteroatoms. The molecule has 0 fully saturated rings. The summed E-state index contributed by atoms with van der Waals surface area (Å²) in [7, 11) is 0. The molecule has 20 heavy (non-hydrogen) atoms. The molecule has 1 aliphatic rings. The fourth-order valence-electron chi connectivity index (χ4n) is 2.32. The van der Waals surface area contributed by atoms with Crippen LogP contribution in [0.25, 0.3) is 0 Å². The Balaban J connectivity index is 1.75. The Hall–Kier alpha value is -1.29. The minimum absolute atomic E-state index is 0.137. The van der Waals surface area contributed by atoms with Gasteiger partial charge in [-0.25, -0.2) is 0 Å². The maximum atomic E-state index is 12.1. The number of thioether (sulfide) groups is 1. The van der Waals surface area contributed by atoms with Crippen molar-refractivity contribution in [1.29, 1.82) is 0 Å². The van der Waals surface area contributed by atoms with Gasteiger partial charge in [0, 0.05) is 6.54 Å². The first-order valence-corrected chi connectivity index (χ1v) is 8.44. The molecule has 0 aliphatic carbocycles. The first-order valence-electron chi connectivity index (χ1n) is 7.28. The Morgan fingerprint density at radius 3 is 2.15 bits per heavy atom. The normalized spacial score (nSPS) is 13.9. The second-order valence-corrected chi connectivity index (χ2v) is 6.21. The van der Waals surface area contributed by atoms with E-state index in [1.54, 1.807) is 24.3 Å². The Bertz CT molecular complexity index is 452. The second kappa shape index (κ2) is 7.48. The van der Waals surface area contributed by atoms with E-state index in [1.807, 2.05) is 11.8 Å². The Morgan fingerprint density at radius 2 is 1.55 bits per heavy atom. The topological polar surface area (TPSA) is 37.4 Å². The molecule has 0 atom stereocenters. The van der Waals surface area contributed by atoms with Crippen LogP contribution in [0.15, 0.2) is 24.3 Å². The Kier molecular flexibility index (Phi) is 5.65. The van der Waals surface area contributed by atoms with Gasteiger partial charge in [-0.05, 0) is 36.5 Å². The quantitative estimate of drug-likeness (QED) is 0.542. The van der Waals surface area contributed by atoms with Gasteiger partial charge in [-0.15, -0.1) is 0 Å². The highest BCUT2D eigenvalue weighted by Gasteiger charge is 2.34. The van der Waals surface area contributed by atoms with Crippen molar-refractivity contribution in [2.45, 2.75) is 32.6 Å². The predicted molar refractivity (Wildman–Crippen MR) is 83.3 cm³/mol. The molecule has 2 amide bonds. The monoisotopic (exact) mass is 291 g/mol. The molecule has 0 aromatic heterocycles. The fraction of sp³-hybridized carbons (Fsp3) is 0.500. The molecule has 0 bridgehead atoms. The van der Waals surface area contributed by atoms with Gasteiger partial charge in [-0.2, -0.15) is 11.8 Å². The molecule has 3 nitrogen and oxygen atoms in total. The predicted octanol–water partition coefficient (Wildman–Crippen LogP) is 3.60. The zero-order valence-electron chi connectivity index (χ0n) is 11.9. The molecule has 1 aromatic carbocycles. The minimum atomic E-state index is -0.137. The highest BCUT2D eigenvalue weighted by atomic mass is 32.2. The number of benzene rings is 1. The Labute approximate surface area is 124 Å². The molecule has 108 valence electrons. The van der Waals surface area contributed by atoms with Gasteiger partial charge in [0.2, 0.25) is 0 Å². The standard InChI is InChI=1S/C16H21NO2S/c1-2-3-6-11-20-12-7-10-17-15(18)13-8-4-5-9-14(13)16(17)19/h4-5,8-9H,2-3,6-7,10-12H2,1H3. The number of hydrogen-bond donors (Lipinski definition) is 0. The van der Waals surface area contributed by atoms with Gasteiger partial charge in [0.25, 0.3) is 11.8 Å². The van der Waals surface area contributed by atoms with Crippen LogP contribution in [0.4, 0.5) is 0 Å². The van der Waals surface area contributed by atoms with Crippen LogP contribution in [0.3, 0.4) is 0 Å². The van der Waals surface area contributed by atoms with Gasteiger partial charge in [0.15, 0.2) is 0 Å². The third-order valence-electron chi connectivity index (χ3n) is 3.44. The summed E-state index contributed by atoms with van der Waals surface area (Å²) in [6.07, 6.45) is 4.66. The van der Waals surface area contributed by atoms with Gasteiger partial charge in [-0.1, -0.05) is 31.9 Å². The lowest BCUT2D eigenvalue weighted by Crippen LogP contribution is -2.31. The van der Waals surface area contributed by atoms with Crippen molar-refractivity contribution in [1.82, 2.24) is 4.90 Å². The van der Waals surface area contributed by atoms with E-state index in [9.17, 15) is 9.59 Å². The summed E-state index contributed by atoms with van der Waals surface area (Å²) < 4.78 is 0. The minimum Gasteiger partial charge on any atom is -0.274 e. The number of hydrogen-bond acceptors (Lipinski definition) is 3. The van der Waals surface area contributed by atoms with Crippen LogP contribution in [0, 0.1) is 0 Å². The molecular formula is C16H21NO2S. The van der Waals surface area contributed by atoms with Gasteiger partial charge < -0.3 is 0 Å². The van der Waals surface area contributed by atoms with Crippen molar-refractivity contribution in [2.24, 2.45) is 0 Å². The van der Waals surface area contributed by atoms with Crippen LogP contribution >= 0.6 is 11.8 Å². The molecule has 0 saturated carbocycles. The second-order valence-electron chi connectivity index (χ2n) is 4.98. The average Bonchev–Trinajstić information content (AvgIpc) is 2.71.